The van der Waals surface area contributed by atoms with E-state index in [0.29, 0.717) is 32.5 Å². The zero-order chi connectivity index (χ0) is 23.0. The maximum Gasteiger partial charge on any atom is 0.150 e. The molecule has 33 heavy (non-hydrogen) atoms. The highest BCUT2D eigenvalue weighted by atomic mass is 16.5. The standard InChI is InChI=1S/C26H33N3O4/c1-29(17-19-7-3-2-4-8-19)18-23-14-21(28-33-23)13-22-11-12-25(31)26(32-22)16-27-15-20-9-5-6-10-24(20)30/h2-10,14,22,25-27,30-31H,11-13,15-18H2,1H3/t22-,25-,26+/m0/s1. The number of aliphatic hydroxyl groups is 1. The highest BCUT2D eigenvalue weighted by molar-refractivity contribution is 5.31. The van der Waals surface area contributed by atoms with Gasteiger partial charge in [0.2, 0.25) is 0 Å². The van der Waals surface area contributed by atoms with Crippen molar-refractivity contribution >= 4 is 0 Å². The number of nitrogens with zero attached hydrogens (tertiary/aromatic N) is 2. The molecule has 0 amide bonds. The third-order valence-electron chi connectivity index (χ3n) is 6.00. The van der Waals surface area contributed by atoms with Crippen LogP contribution in [0.25, 0.3) is 0 Å². The SMILES string of the molecule is CN(Cc1ccccc1)Cc1cc(C[C@@H]2CC[C@H](O)[C@@H](CNCc3ccccc3O)O2)no1. The summed E-state index contributed by atoms with van der Waals surface area (Å²) in [5.41, 5.74) is 2.96. The van der Waals surface area contributed by atoms with Gasteiger partial charge in [-0.2, -0.15) is 0 Å². The Bertz CT molecular complexity index is 994. The molecular formula is C26H33N3O4. The van der Waals surface area contributed by atoms with Gasteiger partial charge >= 0.3 is 0 Å². The molecule has 1 aliphatic heterocycles. The topological polar surface area (TPSA) is 91.0 Å². The summed E-state index contributed by atoms with van der Waals surface area (Å²) in [6, 6.07) is 19.6. The molecule has 0 aliphatic carbocycles. The van der Waals surface area contributed by atoms with Gasteiger partial charge in [0, 0.05) is 37.7 Å². The molecule has 1 aromatic heterocycles. The number of phenolic OH excluding ortho intramolecular Hbond substituents is 1. The number of aliphatic hydroxyl groups excluding tert-OH is 1. The van der Waals surface area contributed by atoms with Gasteiger partial charge in [-0.05, 0) is 31.5 Å². The molecule has 7 heteroatoms. The quantitative estimate of drug-likeness (QED) is 0.436. The van der Waals surface area contributed by atoms with Crippen LogP contribution in [-0.4, -0.2) is 52.2 Å². The number of hydrogen-bond acceptors (Lipinski definition) is 7. The molecule has 3 aromatic rings. The third-order valence-corrected chi connectivity index (χ3v) is 6.00. The van der Waals surface area contributed by atoms with Crippen LogP contribution in [0, 0.1) is 0 Å². The Morgan fingerprint density at radius 1 is 1.06 bits per heavy atom. The number of aromatic hydroxyl groups is 1. The van der Waals surface area contributed by atoms with Crippen LogP contribution in [0.15, 0.2) is 65.2 Å². The van der Waals surface area contributed by atoms with E-state index in [0.717, 1.165) is 30.0 Å². The third kappa shape index (κ3) is 6.88. The van der Waals surface area contributed by atoms with Gasteiger partial charge in [-0.15, -0.1) is 0 Å². The fourth-order valence-electron chi connectivity index (χ4n) is 4.27. The van der Waals surface area contributed by atoms with Crippen LogP contribution >= 0.6 is 0 Å². The second-order valence-electron chi connectivity index (χ2n) is 8.85. The van der Waals surface area contributed by atoms with E-state index in [9.17, 15) is 10.2 Å². The Kier molecular flexibility index (Phi) is 8.12. The van der Waals surface area contributed by atoms with E-state index in [1.165, 1.54) is 5.56 Å². The first-order valence-electron chi connectivity index (χ1n) is 11.5. The van der Waals surface area contributed by atoms with Crippen LogP contribution in [0.2, 0.25) is 0 Å². The molecule has 7 nitrogen and oxygen atoms in total. The molecule has 0 unspecified atom stereocenters. The predicted octanol–water partition coefficient (Wildman–Crippen LogP) is 3.25. The Hall–Kier alpha value is -2.71. The first-order chi connectivity index (χ1) is 16.1. The molecule has 3 N–H and O–H groups in total. The first-order valence-corrected chi connectivity index (χ1v) is 11.5. The number of nitrogens with one attached hydrogen (secondary N) is 1. The van der Waals surface area contributed by atoms with Crippen molar-refractivity contribution in [3.05, 3.63) is 83.2 Å². The number of para-hydroxylation sites is 1. The molecule has 1 fully saturated rings. The summed E-state index contributed by atoms with van der Waals surface area (Å²) in [5.74, 6) is 1.10. The number of aromatic nitrogens is 1. The maximum absolute atomic E-state index is 10.4. The summed E-state index contributed by atoms with van der Waals surface area (Å²) in [4.78, 5) is 2.19. The molecule has 1 aliphatic rings. The lowest BCUT2D eigenvalue weighted by Crippen LogP contribution is -2.45. The molecule has 3 atom stereocenters. The fraction of sp³-hybridized carbons (Fsp3) is 0.423. The van der Waals surface area contributed by atoms with Gasteiger partial charge in [-0.3, -0.25) is 4.90 Å². The van der Waals surface area contributed by atoms with Gasteiger partial charge in [0.1, 0.15) is 5.75 Å². The zero-order valence-corrected chi connectivity index (χ0v) is 19.1. The molecule has 1 saturated heterocycles. The summed E-state index contributed by atoms with van der Waals surface area (Å²) in [6.45, 7) is 2.56. The van der Waals surface area contributed by atoms with Gasteiger partial charge in [-0.1, -0.05) is 53.7 Å². The minimum atomic E-state index is -0.502. The van der Waals surface area contributed by atoms with Crippen molar-refractivity contribution in [1.82, 2.24) is 15.4 Å². The fourth-order valence-corrected chi connectivity index (χ4v) is 4.27. The lowest BCUT2D eigenvalue weighted by molar-refractivity contribution is -0.115. The first kappa shape index (κ1) is 23.4. The van der Waals surface area contributed by atoms with Gasteiger partial charge in [0.05, 0.1) is 30.6 Å². The number of rotatable bonds is 10. The Morgan fingerprint density at radius 3 is 2.67 bits per heavy atom. The second kappa shape index (κ2) is 11.4. The monoisotopic (exact) mass is 451 g/mol. The molecule has 0 radical (unpaired) electrons. The molecule has 176 valence electrons. The van der Waals surface area contributed by atoms with Crippen LogP contribution in [0.5, 0.6) is 5.75 Å². The Labute approximate surface area is 195 Å². The second-order valence-corrected chi connectivity index (χ2v) is 8.85. The van der Waals surface area contributed by atoms with Gasteiger partial charge in [0.25, 0.3) is 0 Å². The predicted molar refractivity (Wildman–Crippen MR) is 126 cm³/mol. The summed E-state index contributed by atoms with van der Waals surface area (Å²) < 4.78 is 11.7. The van der Waals surface area contributed by atoms with Crippen LogP contribution in [0.3, 0.4) is 0 Å². The van der Waals surface area contributed by atoms with Gasteiger partial charge in [0.15, 0.2) is 5.76 Å². The average Bonchev–Trinajstić information content (AvgIpc) is 3.24. The van der Waals surface area contributed by atoms with Crippen LogP contribution in [0.1, 0.15) is 35.4 Å². The van der Waals surface area contributed by atoms with E-state index in [1.807, 2.05) is 36.4 Å². The summed E-state index contributed by atoms with van der Waals surface area (Å²) >= 11 is 0. The Morgan fingerprint density at radius 2 is 1.85 bits per heavy atom. The van der Waals surface area contributed by atoms with Crippen LogP contribution in [0.4, 0.5) is 0 Å². The minimum absolute atomic E-state index is 0.00896. The van der Waals surface area contributed by atoms with Crippen LogP contribution < -0.4 is 5.32 Å². The number of benzene rings is 2. The highest BCUT2D eigenvalue weighted by Gasteiger charge is 2.30. The normalized spacial score (nSPS) is 20.9. The molecule has 2 heterocycles. The molecule has 0 saturated carbocycles. The summed E-state index contributed by atoms with van der Waals surface area (Å²) in [5, 5.41) is 27.8. The highest BCUT2D eigenvalue weighted by Crippen LogP contribution is 2.23. The van der Waals surface area contributed by atoms with Crippen molar-refractivity contribution in [2.24, 2.45) is 0 Å². The van der Waals surface area contributed by atoms with Crippen molar-refractivity contribution in [2.75, 3.05) is 13.6 Å². The van der Waals surface area contributed by atoms with Crippen molar-refractivity contribution in [2.45, 2.75) is 57.2 Å². The number of ether oxygens (including phenoxy) is 1. The average molecular weight is 452 g/mol. The van der Waals surface area contributed by atoms with E-state index in [4.69, 9.17) is 9.26 Å². The summed E-state index contributed by atoms with van der Waals surface area (Å²) in [7, 11) is 2.06. The smallest absolute Gasteiger partial charge is 0.150 e. The molecule has 2 aromatic carbocycles. The summed E-state index contributed by atoms with van der Waals surface area (Å²) in [6.07, 6.45) is 1.33. The lowest BCUT2D eigenvalue weighted by Gasteiger charge is -2.34. The number of phenols is 1. The lowest BCUT2D eigenvalue weighted by atomic mass is 9.98. The van der Waals surface area contributed by atoms with E-state index in [2.05, 4.69) is 34.6 Å². The van der Waals surface area contributed by atoms with Crippen molar-refractivity contribution < 1.29 is 19.5 Å². The number of hydrogen-bond donors (Lipinski definition) is 3. The minimum Gasteiger partial charge on any atom is -0.508 e. The Balaban J connectivity index is 1.24. The van der Waals surface area contributed by atoms with Gasteiger partial charge < -0.3 is 24.8 Å². The van der Waals surface area contributed by atoms with E-state index >= 15 is 0 Å². The van der Waals surface area contributed by atoms with Crippen molar-refractivity contribution in [3.8, 4) is 5.75 Å². The zero-order valence-electron chi connectivity index (χ0n) is 19.1. The molecule has 4 rings (SSSR count). The van der Waals surface area contributed by atoms with E-state index in [-0.39, 0.29) is 18.0 Å². The van der Waals surface area contributed by atoms with E-state index < -0.39 is 6.10 Å². The maximum atomic E-state index is 10.4. The van der Waals surface area contributed by atoms with Crippen LogP contribution in [-0.2, 0) is 30.8 Å². The van der Waals surface area contributed by atoms with Crippen molar-refractivity contribution in [1.29, 1.82) is 0 Å². The van der Waals surface area contributed by atoms with Crippen molar-refractivity contribution in [3.63, 3.8) is 0 Å². The van der Waals surface area contributed by atoms with E-state index in [1.54, 1.807) is 12.1 Å². The molecule has 0 bridgehead atoms. The molecule has 0 spiro atoms. The largest absolute Gasteiger partial charge is 0.508 e. The van der Waals surface area contributed by atoms with Gasteiger partial charge in [-0.25, -0.2) is 0 Å². The molecular weight excluding hydrogens is 418 g/mol.